The van der Waals surface area contributed by atoms with Crippen molar-refractivity contribution in [2.75, 3.05) is 5.73 Å². The Morgan fingerprint density at radius 1 is 0.952 bits per heavy atom. The molecule has 0 aliphatic carbocycles. The summed E-state index contributed by atoms with van der Waals surface area (Å²) >= 11 is 0. The monoisotopic (exact) mass is 278 g/mol. The molecule has 3 rings (SSSR count). The highest BCUT2D eigenvalue weighted by Crippen LogP contribution is 2.33. The Balaban J connectivity index is 2.12. The SMILES string of the molecule is Cc1ccc(Oc2cccc3c(N)c(C)c(C)nc23)cc1. The Morgan fingerprint density at radius 2 is 1.67 bits per heavy atom. The fourth-order valence-electron chi connectivity index (χ4n) is 2.32. The van der Waals surface area contributed by atoms with Gasteiger partial charge in [-0.15, -0.1) is 0 Å². The topological polar surface area (TPSA) is 48.1 Å². The summed E-state index contributed by atoms with van der Waals surface area (Å²) in [7, 11) is 0. The van der Waals surface area contributed by atoms with Crippen molar-refractivity contribution in [3.63, 3.8) is 0 Å². The van der Waals surface area contributed by atoms with Crippen molar-refractivity contribution in [2.24, 2.45) is 0 Å². The maximum atomic E-state index is 6.21. The van der Waals surface area contributed by atoms with Crippen LogP contribution >= 0.6 is 0 Å². The number of ether oxygens (including phenoxy) is 1. The maximum absolute atomic E-state index is 6.21. The van der Waals surface area contributed by atoms with Crippen molar-refractivity contribution in [2.45, 2.75) is 20.8 Å². The van der Waals surface area contributed by atoms with Gasteiger partial charge in [0.1, 0.15) is 11.3 Å². The van der Waals surface area contributed by atoms with Crippen molar-refractivity contribution in [1.82, 2.24) is 4.98 Å². The van der Waals surface area contributed by atoms with E-state index in [1.165, 1.54) is 5.56 Å². The van der Waals surface area contributed by atoms with E-state index >= 15 is 0 Å². The molecule has 106 valence electrons. The average Bonchev–Trinajstić information content (AvgIpc) is 2.48. The molecular weight excluding hydrogens is 260 g/mol. The molecular formula is C18H18N2O. The second-order valence-electron chi connectivity index (χ2n) is 5.30. The smallest absolute Gasteiger partial charge is 0.153 e. The summed E-state index contributed by atoms with van der Waals surface area (Å²) in [4.78, 5) is 4.64. The zero-order valence-corrected chi connectivity index (χ0v) is 12.5. The minimum atomic E-state index is 0.728. The molecule has 0 radical (unpaired) electrons. The molecule has 0 aliphatic heterocycles. The van der Waals surface area contributed by atoms with Gasteiger partial charge in [-0.3, -0.25) is 0 Å². The predicted octanol–water partition coefficient (Wildman–Crippen LogP) is 4.53. The third-order valence-corrected chi connectivity index (χ3v) is 3.76. The van der Waals surface area contributed by atoms with Crippen LogP contribution in [0.15, 0.2) is 42.5 Å². The van der Waals surface area contributed by atoms with Crippen LogP contribution in [-0.2, 0) is 0 Å². The Hall–Kier alpha value is -2.55. The van der Waals surface area contributed by atoms with Crippen LogP contribution in [0.5, 0.6) is 11.5 Å². The van der Waals surface area contributed by atoms with Gasteiger partial charge < -0.3 is 10.5 Å². The van der Waals surface area contributed by atoms with Gasteiger partial charge in [0.15, 0.2) is 5.75 Å². The van der Waals surface area contributed by atoms with Crippen molar-refractivity contribution in [3.05, 3.63) is 59.3 Å². The lowest BCUT2D eigenvalue weighted by Gasteiger charge is -2.12. The summed E-state index contributed by atoms with van der Waals surface area (Å²) in [5.74, 6) is 1.53. The normalized spacial score (nSPS) is 10.8. The van der Waals surface area contributed by atoms with E-state index in [0.717, 1.165) is 39.3 Å². The van der Waals surface area contributed by atoms with Gasteiger partial charge in [0.25, 0.3) is 0 Å². The third-order valence-electron chi connectivity index (χ3n) is 3.76. The number of nitrogen functional groups attached to an aromatic ring is 1. The molecule has 0 fully saturated rings. The van der Waals surface area contributed by atoms with Crippen LogP contribution in [0.25, 0.3) is 10.9 Å². The highest BCUT2D eigenvalue weighted by Gasteiger charge is 2.11. The molecule has 0 unspecified atom stereocenters. The average molecular weight is 278 g/mol. The molecule has 0 amide bonds. The molecule has 1 aromatic heterocycles. The Morgan fingerprint density at radius 3 is 2.38 bits per heavy atom. The molecule has 0 spiro atoms. The first-order valence-electron chi connectivity index (χ1n) is 6.96. The van der Waals surface area contributed by atoms with Crippen molar-refractivity contribution in [1.29, 1.82) is 0 Å². The van der Waals surface area contributed by atoms with Gasteiger partial charge in [-0.25, -0.2) is 4.98 Å². The number of pyridine rings is 1. The van der Waals surface area contributed by atoms with Crippen LogP contribution in [0.3, 0.4) is 0 Å². The summed E-state index contributed by atoms with van der Waals surface area (Å²) in [6.07, 6.45) is 0. The van der Waals surface area contributed by atoms with E-state index in [4.69, 9.17) is 10.5 Å². The first kappa shape index (κ1) is 13.4. The maximum Gasteiger partial charge on any atom is 0.153 e. The number of nitrogens with two attached hydrogens (primary N) is 1. The number of para-hydroxylation sites is 1. The van der Waals surface area contributed by atoms with E-state index in [-0.39, 0.29) is 0 Å². The summed E-state index contributed by atoms with van der Waals surface area (Å²) in [5.41, 5.74) is 10.9. The van der Waals surface area contributed by atoms with E-state index in [2.05, 4.69) is 11.9 Å². The molecule has 0 bridgehead atoms. The van der Waals surface area contributed by atoms with E-state index in [1.807, 2.05) is 56.3 Å². The standard InChI is InChI=1S/C18H18N2O/c1-11-7-9-14(10-8-11)21-16-6-4-5-15-17(19)12(2)13(3)20-18(15)16/h4-10H,1-3H3,(H2,19,20). The number of nitrogens with zero attached hydrogens (tertiary/aromatic N) is 1. The molecule has 3 nitrogen and oxygen atoms in total. The highest BCUT2D eigenvalue weighted by molar-refractivity contribution is 5.95. The molecule has 3 heteroatoms. The minimum Gasteiger partial charge on any atom is -0.455 e. The zero-order chi connectivity index (χ0) is 15.0. The minimum absolute atomic E-state index is 0.728. The molecule has 2 aromatic carbocycles. The van der Waals surface area contributed by atoms with Crippen molar-refractivity contribution in [3.8, 4) is 11.5 Å². The molecule has 0 atom stereocenters. The summed E-state index contributed by atoms with van der Waals surface area (Å²) in [5, 5.41) is 0.933. The second-order valence-corrected chi connectivity index (χ2v) is 5.30. The van der Waals surface area contributed by atoms with Gasteiger partial charge in [-0.1, -0.05) is 29.8 Å². The van der Waals surface area contributed by atoms with Gasteiger partial charge in [0, 0.05) is 16.8 Å². The van der Waals surface area contributed by atoms with Gasteiger partial charge in [-0.2, -0.15) is 0 Å². The first-order chi connectivity index (χ1) is 10.1. The predicted molar refractivity (Wildman–Crippen MR) is 86.9 cm³/mol. The lowest BCUT2D eigenvalue weighted by molar-refractivity contribution is 0.487. The number of fused-ring (bicyclic) bond motifs is 1. The first-order valence-corrected chi connectivity index (χ1v) is 6.96. The van der Waals surface area contributed by atoms with Crippen LogP contribution in [0.2, 0.25) is 0 Å². The number of aromatic nitrogens is 1. The summed E-state index contributed by atoms with van der Waals surface area (Å²) in [6.45, 7) is 6.01. The quantitative estimate of drug-likeness (QED) is 0.749. The van der Waals surface area contributed by atoms with Gasteiger partial charge in [-0.05, 0) is 44.5 Å². The van der Waals surface area contributed by atoms with Gasteiger partial charge >= 0.3 is 0 Å². The van der Waals surface area contributed by atoms with E-state index in [0.29, 0.717) is 0 Å². The van der Waals surface area contributed by atoms with Crippen molar-refractivity contribution >= 4 is 16.6 Å². The van der Waals surface area contributed by atoms with Crippen LogP contribution in [0.4, 0.5) is 5.69 Å². The zero-order valence-electron chi connectivity index (χ0n) is 12.5. The lowest BCUT2D eigenvalue weighted by Crippen LogP contribution is -1.98. The number of anilines is 1. The molecule has 3 aromatic rings. The number of rotatable bonds is 2. The molecule has 1 heterocycles. The number of hydrogen-bond acceptors (Lipinski definition) is 3. The third kappa shape index (κ3) is 2.42. The fourth-order valence-corrected chi connectivity index (χ4v) is 2.32. The fraction of sp³-hybridized carbons (Fsp3) is 0.167. The summed E-state index contributed by atoms with van der Waals surface area (Å²) in [6, 6.07) is 13.8. The number of hydrogen-bond donors (Lipinski definition) is 1. The van der Waals surface area contributed by atoms with E-state index < -0.39 is 0 Å². The molecule has 0 saturated heterocycles. The summed E-state index contributed by atoms with van der Waals surface area (Å²) < 4.78 is 5.98. The molecule has 0 saturated carbocycles. The molecule has 2 N–H and O–H groups in total. The Labute approximate surface area is 124 Å². The van der Waals surface area contributed by atoms with Crippen LogP contribution in [0.1, 0.15) is 16.8 Å². The van der Waals surface area contributed by atoms with E-state index in [1.54, 1.807) is 0 Å². The van der Waals surface area contributed by atoms with E-state index in [9.17, 15) is 0 Å². The number of aryl methyl sites for hydroxylation is 2. The van der Waals surface area contributed by atoms with Crippen LogP contribution < -0.4 is 10.5 Å². The largest absolute Gasteiger partial charge is 0.455 e. The highest BCUT2D eigenvalue weighted by atomic mass is 16.5. The van der Waals surface area contributed by atoms with Crippen LogP contribution in [0, 0.1) is 20.8 Å². The molecule has 0 aliphatic rings. The van der Waals surface area contributed by atoms with Crippen molar-refractivity contribution < 1.29 is 4.74 Å². The Bertz CT molecular complexity index is 808. The second kappa shape index (κ2) is 5.09. The Kier molecular flexibility index (Phi) is 3.26. The lowest BCUT2D eigenvalue weighted by atomic mass is 10.1. The van der Waals surface area contributed by atoms with Crippen LogP contribution in [-0.4, -0.2) is 4.98 Å². The molecule has 21 heavy (non-hydrogen) atoms. The van der Waals surface area contributed by atoms with Gasteiger partial charge in [0.2, 0.25) is 0 Å². The number of benzene rings is 2. The van der Waals surface area contributed by atoms with Gasteiger partial charge in [0.05, 0.1) is 0 Å².